The first kappa shape index (κ1) is 20.4. The van der Waals surface area contributed by atoms with Crippen molar-refractivity contribution >= 4 is 17.5 Å². The predicted octanol–water partition coefficient (Wildman–Crippen LogP) is 2.11. The Labute approximate surface area is 172 Å². The minimum absolute atomic E-state index is 0.118. The summed E-state index contributed by atoms with van der Waals surface area (Å²) >= 11 is 0. The second-order valence-corrected chi connectivity index (χ2v) is 8.37. The molecule has 9 heteroatoms. The molecule has 0 N–H and O–H groups in total. The van der Waals surface area contributed by atoms with Crippen molar-refractivity contribution in [1.82, 2.24) is 19.2 Å². The second kappa shape index (κ2) is 7.14. The molecule has 0 radical (unpaired) electrons. The zero-order valence-corrected chi connectivity index (χ0v) is 17.0. The van der Waals surface area contributed by atoms with Gasteiger partial charge in [0.1, 0.15) is 11.2 Å². The molecule has 2 aliphatic heterocycles. The summed E-state index contributed by atoms with van der Waals surface area (Å²) in [5.74, 6) is -4.36. The fourth-order valence-corrected chi connectivity index (χ4v) is 4.71. The fourth-order valence-electron chi connectivity index (χ4n) is 4.71. The topological polar surface area (TPSA) is 75.0 Å². The van der Waals surface area contributed by atoms with Gasteiger partial charge in [-0.15, -0.1) is 0 Å². The second-order valence-electron chi connectivity index (χ2n) is 8.37. The number of hydrogen-bond donors (Lipinski definition) is 0. The van der Waals surface area contributed by atoms with Gasteiger partial charge in [0.2, 0.25) is 5.91 Å². The van der Waals surface area contributed by atoms with Crippen molar-refractivity contribution in [3.8, 4) is 0 Å². The number of rotatable bonds is 2. The highest BCUT2D eigenvalue weighted by Gasteiger charge is 2.56. The van der Waals surface area contributed by atoms with Crippen LogP contribution in [0.3, 0.4) is 0 Å². The summed E-state index contributed by atoms with van der Waals surface area (Å²) in [6.07, 6.45) is 2.98. The number of nitrogens with zero attached hydrogens (tertiary/aromatic N) is 4. The van der Waals surface area contributed by atoms with Gasteiger partial charge in [0.15, 0.2) is 0 Å². The summed E-state index contributed by atoms with van der Waals surface area (Å²) in [4.78, 5) is 45.6. The Bertz CT molecular complexity index is 1080. The SMILES string of the molecule is CCN1CCCC2(CN(C(=O)c3cnc4cc(C)ccn4c3=O)CC(F)(F)C2)C1=O. The van der Waals surface area contributed by atoms with Crippen molar-refractivity contribution in [3.05, 3.63) is 46.0 Å². The molecule has 2 aliphatic rings. The van der Waals surface area contributed by atoms with E-state index in [-0.39, 0.29) is 18.0 Å². The zero-order valence-electron chi connectivity index (χ0n) is 17.0. The van der Waals surface area contributed by atoms with Crippen molar-refractivity contribution in [2.24, 2.45) is 5.41 Å². The van der Waals surface area contributed by atoms with Crippen LogP contribution in [-0.2, 0) is 4.79 Å². The van der Waals surface area contributed by atoms with E-state index < -0.39 is 35.8 Å². The normalized spacial score (nSPS) is 23.9. The smallest absolute Gasteiger partial charge is 0.270 e. The van der Waals surface area contributed by atoms with Gasteiger partial charge in [-0.3, -0.25) is 18.8 Å². The van der Waals surface area contributed by atoms with Gasteiger partial charge in [-0.25, -0.2) is 13.8 Å². The zero-order chi connectivity index (χ0) is 21.7. The lowest BCUT2D eigenvalue weighted by Gasteiger charge is -2.49. The molecule has 30 heavy (non-hydrogen) atoms. The molecule has 1 spiro atoms. The number of carbonyl (C=O) groups is 2. The van der Waals surface area contributed by atoms with Gasteiger partial charge in [0.25, 0.3) is 17.4 Å². The van der Waals surface area contributed by atoms with E-state index in [1.54, 1.807) is 17.0 Å². The standard InChI is InChI=1S/C21H24F2N4O3/c1-3-25-7-4-6-20(19(25)30)11-21(22,23)13-26(12-20)17(28)15-10-24-16-9-14(2)5-8-27(16)18(15)29/h5,8-10H,3-4,6-7,11-13H2,1-2H3. The lowest BCUT2D eigenvalue weighted by atomic mass is 9.71. The molecule has 2 fully saturated rings. The first-order chi connectivity index (χ1) is 14.2. The lowest BCUT2D eigenvalue weighted by Crippen LogP contribution is -2.62. The molecule has 0 bridgehead atoms. The van der Waals surface area contributed by atoms with Crippen LogP contribution in [0.25, 0.3) is 5.65 Å². The molecule has 4 rings (SSSR count). The van der Waals surface area contributed by atoms with E-state index in [2.05, 4.69) is 4.98 Å². The Morgan fingerprint density at radius 1 is 1.27 bits per heavy atom. The van der Waals surface area contributed by atoms with E-state index in [1.165, 1.54) is 10.6 Å². The largest absolute Gasteiger partial charge is 0.342 e. The predicted molar refractivity (Wildman–Crippen MR) is 106 cm³/mol. The Balaban J connectivity index is 1.71. The Morgan fingerprint density at radius 3 is 2.77 bits per heavy atom. The highest BCUT2D eigenvalue weighted by Crippen LogP contribution is 2.45. The first-order valence-electron chi connectivity index (χ1n) is 10.1. The van der Waals surface area contributed by atoms with E-state index in [9.17, 15) is 23.2 Å². The molecule has 160 valence electrons. The number of piperidine rings is 2. The van der Waals surface area contributed by atoms with Crippen LogP contribution < -0.4 is 5.56 Å². The monoisotopic (exact) mass is 418 g/mol. The van der Waals surface area contributed by atoms with E-state index in [0.29, 0.717) is 31.6 Å². The minimum Gasteiger partial charge on any atom is -0.342 e. The van der Waals surface area contributed by atoms with Crippen LogP contribution in [0.1, 0.15) is 42.1 Å². The van der Waals surface area contributed by atoms with Crippen molar-refractivity contribution in [1.29, 1.82) is 0 Å². The molecule has 2 aromatic rings. The molecule has 1 atom stereocenters. The number of aryl methyl sites for hydroxylation is 1. The summed E-state index contributed by atoms with van der Waals surface area (Å²) in [7, 11) is 0. The van der Waals surface area contributed by atoms with Crippen molar-refractivity contribution < 1.29 is 18.4 Å². The van der Waals surface area contributed by atoms with E-state index in [1.807, 2.05) is 13.8 Å². The number of carbonyl (C=O) groups excluding carboxylic acids is 2. The molecule has 7 nitrogen and oxygen atoms in total. The molecule has 1 unspecified atom stereocenters. The molecular weight excluding hydrogens is 394 g/mol. The third kappa shape index (κ3) is 3.36. The summed E-state index contributed by atoms with van der Waals surface area (Å²) in [5.41, 5.74) is -0.936. The third-order valence-electron chi connectivity index (χ3n) is 6.10. The van der Waals surface area contributed by atoms with Gasteiger partial charge in [0, 0.05) is 38.4 Å². The van der Waals surface area contributed by atoms with Crippen LogP contribution in [0, 0.1) is 12.3 Å². The van der Waals surface area contributed by atoms with Crippen LogP contribution >= 0.6 is 0 Å². The number of halogens is 2. The molecule has 0 aromatic carbocycles. The van der Waals surface area contributed by atoms with Gasteiger partial charge in [-0.1, -0.05) is 0 Å². The fraction of sp³-hybridized carbons (Fsp3) is 0.524. The Hall–Kier alpha value is -2.84. The highest BCUT2D eigenvalue weighted by molar-refractivity contribution is 5.95. The van der Waals surface area contributed by atoms with E-state index in [0.717, 1.165) is 16.7 Å². The molecule has 2 saturated heterocycles. The molecule has 0 saturated carbocycles. The van der Waals surface area contributed by atoms with Crippen LogP contribution in [0.2, 0.25) is 0 Å². The summed E-state index contributed by atoms with van der Waals surface area (Å²) in [6, 6.07) is 3.40. The third-order valence-corrected chi connectivity index (χ3v) is 6.10. The summed E-state index contributed by atoms with van der Waals surface area (Å²) < 4.78 is 30.6. The number of fused-ring (bicyclic) bond motifs is 1. The number of pyridine rings is 1. The lowest BCUT2D eigenvalue weighted by molar-refractivity contribution is -0.165. The maximum absolute atomic E-state index is 14.7. The van der Waals surface area contributed by atoms with Crippen molar-refractivity contribution in [2.45, 2.75) is 39.0 Å². The van der Waals surface area contributed by atoms with Gasteiger partial charge in [0.05, 0.1) is 12.0 Å². The average Bonchev–Trinajstić information content (AvgIpc) is 2.68. The summed E-state index contributed by atoms with van der Waals surface area (Å²) in [5, 5.41) is 0. The van der Waals surface area contributed by atoms with Crippen molar-refractivity contribution in [3.63, 3.8) is 0 Å². The number of aromatic nitrogens is 2. The van der Waals surface area contributed by atoms with Gasteiger partial charge < -0.3 is 9.80 Å². The van der Waals surface area contributed by atoms with Crippen LogP contribution in [0.5, 0.6) is 0 Å². The Kier molecular flexibility index (Phi) is 4.86. The number of amides is 2. The summed E-state index contributed by atoms with van der Waals surface area (Å²) in [6.45, 7) is 3.70. The van der Waals surface area contributed by atoms with Gasteiger partial charge in [-0.05, 0) is 44.4 Å². The molecule has 2 aromatic heterocycles. The van der Waals surface area contributed by atoms with Crippen LogP contribution in [-0.4, -0.2) is 63.1 Å². The number of hydrogen-bond acceptors (Lipinski definition) is 4. The number of likely N-dealkylation sites (tertiary alicyclic amines) is 2. The Morgan fingerprint density at radius 2 is 2.03 bits per heavy atom. The van der Waals surface area contributed by atoms with E-state index >= 15 is 0 Å². The maximum atomic E-state index is 14.7. The van der Waals surface area contributed by atoms with Gasteiger partial charge in [-0.2, -0.15) is 0 Å². The van der Waals surface area contributed by atoms with Crippen LogP contribution in [0.4, 0.5) is 8.78 Å². The van der Waals surface area contributed by atoms with E-state index in [4.69, 9.17) is 0 Å². The quantitative estimate of drug-likeness (QED) is 0.749. The average molecular weight is 418 g/mol. The first-order valence-corrected chi connectivity index (χ1v) is 10.1. The maximum Gasteiger partial charge on any atom is 0.270 e. The van der Waals surface area contributed by atoms with Crippen LogP contribution in [0.15, 0.2) is 29.3 Å². The van der Waals surface area contributed by atoms with Gasteiger partial charge >= 0.3 is 0 Å². The molecular formula is C21H24F2N4O3. The van der Waals surface area contributed by atoms with Crippen molar-refractivity contribution in [2.75, 3.05) is 26.2 Å². The molecule has 0 aliphatic carbocycles. The molecule has 4 heterocycles. The highest BCUT2D eigenvalue weighted by atomic mass is 19.3. The minimum atomic E-state index is -3.21. The molecule has 2 amide bonds. The number of alkyl halides is 2.